The number of carbonyl (C=O) groups excluding carboxylic acids is 1. The van der Waals surface area contributed by atoms with Crippen LogP contribution in [0.15, 0.2) is 28.8 Å². The number of carboxylic acids is 1. The van der Waals surface area contributed by atoms with Crippen LogP contribution >= 0.6 is 0 Å². The molecule has 0 aliphatic carbocycles. The van der Waals surface area contributed by atoms with Gasteiger partial charge in [0.1, 0.15) is 11.1 Å². The van der Waals surface area contributed by atoms with Crippen LogP contribution in [0.3, 0.4) is 0 Å². The van der Waals surface area contributed by atoms with Crippen molar-refractivity contribution in [2.75, 3.05) is 29.5 Å². The summed E-state index contributed by atoms with van der Waals surface area (Å²) in [6.07, 6.45) is 0.694. The molecule has 1 amide bonds. The van der Waals surface area contributed by atoms with Gasteiger partial charge in [-0.05, 0) is 39.0 Å². The van der Waals surface area contributed by atoms with Crippen LogP contribution in [0.1, 0.15) is 31.1 Å². The molecule has 150 valence electrons. The third-order valence-electron chi connectivity index (χ3n) is 4.23. The van der Waals surface area contributed by atoms with E-state index in [2.05, 4.69) is 14.6 Å². The van der Waals surface area contributed by atoms with E-state index in [1.807, 2.05) is 4.90 Å². The highest BCUT2D eigenvalue weighted by atomic mass is 32.2. The minimum Gasteiger partial charge on any atom is -0.478 e. The summed E-state index contributed by atoms with van der Waals surface area (Å²) in [5.41, 5.74) is 0.474. The first-order valence-electron chi connectivity index (χ1n) is 8.76. The summed E-state index contributed by atoms with van der Waals surface area (Å²) < 4.78 is 21.9. The van der Waals surface area contributed by atoms with Crippen LogP contribution in [0.5, 0.6) is 0 Å². The minimum absolute atomic E-state index is 0.0765. The Kier molecular flexibility index (Phi) is 5.24. The fourth-order valence-corrected chi connectivity index (χ4v) is 4.69. The molecule has 0 saturated carbocycles. The van der Waals surface area contributed by atoms with Crippen LogP contribution in [0, 0.1) is 0 Å². The number of benzene rings is 1. The first kappa shape index (κ1) is 20.0. The predicted molar refractivity (Wildman–Crippen MR) is 105 cm³/mol. The number of amides is 1. The number of rotatable bonds is 2. The lowest BCUT2D eigenvalue weighted by Crippen LogP contribution is -2.40. The average molecular weight is 406 g/mol. The molecular formula is C18H22N4O5S. The highest BCUT2D eigenvalue weighted by Gasteiger charge is 2.26. The van der Waals surface area contributed by atoms with Gasteiger partial charge in [-0.2, -0.15) is 5.10 Å². The molecule has 9 nitrogen and oxygen atoms in total. The topological polar surface area (TPSA) is 122 Å². The Bertz CT molecular complexity index is 1040. The summed E-state index contributed by atoms with van der Waals surface area (Å²) in [6, 6.07) is 4.92. The Morgan fingerprint density at radius 3 is 2.50 bits per heavy atom. The van der Waals surface area contributed by atoms with Crippen molar-refractivity contribution in [2.45, 2.75) is 26.4 Å². The molecule has 2 aromatic rings. The van der Waals surface area contributed by atoms with Gasteiger partial charge in [-0.15, -0.1) is 9.46 Å². The fraction of sp³-hybridized carbons (Fsp3) is 0.444. The molecule has 0 radical (unpaired) electrons. The van der Waals surface area contributed by atoms with E-state index in [0.717, 1.165) is 5.69 Å². The van der Waals surface area contributed by atoms with Gasteiger partial charge < -0.3 is 14.7 Å². The van der Waals surface area contributed by atoms with Crippen LogP contribution in [0.4, 0.5) is 10.5 Å². The second kappa shape index (κ2) is 7.34. The number of carbonyl (C=O) groups is 2. The first-order valence-corrected chi connectivity index (χ1v) is 10.6. The van der Waals surface area contributed by atoms with Crippen molar-refractivity contribution in [1.29, 1.82) is 0 Å². The number of hydrogen-bond acceptors (Lipinski definition) is 7. The molecule has 1 aromatic carbocycles. The van der Waals surface area contributed by atoms with E-state index in [-0.39, 0.29) is 17.1 Å². The van der Waals surface area contributed by atoms with E-state index in [1.54, 1.807) is 32.9 Å². The summed E-state index contributed by atoms with van der Waals surface area (Å²) in [5.74, 6) is -0.644. The van der Waals surface area contributed by atoms with Crippen molar-refractivity contribution in [2.24, 2.45) is 4.36 Å². The van der Waals surface area contributed by atoms with Crippen molar-refractivity contribution < 1.29 is 23.6 Å². The number of hydrogen-bond donors (Lipinski definition) is 1. The molecular weight excluding hydrogens is 384 g/mol. The molecule has 0 unspecified atom stereocenters. The zero-order valence-corrected chi connectivity index (χ0v) is 16.7. The molecule has 0 spiro atoms. The summed E-state index contributed by atoms with van der Waals surface area (Å²) in [5, 5.41) is 17.8. The van der Waals surface area contributed by atoms with Gasteiger partial charge in [0, 0.05) is 35.7 Å². The maximum absolute atomic E-state index is 12.9. The lowest BCUT2D eigenvalue weighted by atomic mass is 10.1. The lowest BCUT2D eigenvalue weighted by molar-refractivity contribution is 0.0606. The third kappa shape index (κ3) is 4.38. The smallest absolute Gasteiger partial charge is 0.442 e. The number of anilines is 1. The van der Waals surface area contributed by atoms with Crippen molar-refractivity contribution in [3.8, 4) is 0 Å². The van der Waals surface area contributed by atoms with Gasteiger partial charge in [-0.25, -0.2) is 13.8 Å². The van der Waals surface area contributed by atoms with E-state index in [0.29, 0.717) is 24.0 Å². The quantitative estimate of drug-likeness (QED) is 0.807. The van der Waals surface area contributed by atoms with Gasteiger partial charge >= 0.3 is 12.1 Å². The number of carboxylic acid groups (broad SMARTS) is 1. The Morgan fingerprint density at radius 1 is 1.21 bits per heavy atom. The Labute approximate surface area is 162 Å². The molecule has 1 aromatic heterocycles. The van der Waals surface area contributed by atoms with E-state index in [4.69, 9.17) is 4.74 Å². The number of nitrogens with zero attached hydrogens (tertiary/aromatic N) is 4. The van der Waals surface area contributed by atoms with Gasteiger partial charge in [0.15, 0.2) is 0 Å². The molecule has 0 bridgehead atoms. The van der Waals surface area contributed by atoms with Crippen molar-refractivity contribution >= 4 is 38.4 Å². The van der Waals surface area contributed by atoms with E-state index in [9.17, 15) is 18.9 Å². The van der Waals surface area contributed by atoms with Crippen LogP contribution in [0.25, 0.3) is 10.9 Å². The monoisotopic (exact) mass is 406 g/mol. The summed E-state index contributed by atoms with van der Waals surface area (Å²) in [4.78, 5) is 25.3. The normalized spacial score (nSPS) is 16.6. The summed E-state index contributed by atoms with van der Waals surface area (Å²) in [6.45, 7) is 6.00. The van der Waals surface area contributed by atoms with Gasteiger partial charge in [-0.1, -0.05) is 0 Å². The highest BCUT2D eigenvalue weighted by Crippen LogP contribution is 2.29. The molecule has 1 N–H and O–H groups in total. The summed E-state index contributed by atoms with van der Waals surface area (Å²) in [7, 11) is -2.69. The molecule has 1 aliphatic heterocycles. The predicted octanol–water partition coefficient (Wildman–Crippen LogP) is 2.55. The third-order valence-corrected chi connectivity index (χ3v) is 6.35. The van der Waals surface area contributed by atoms with Crippen LogP contribution in [-0.4, -0.2) is 61.8 Å². The van der Waals surface area contributed by atoms with Gasteiger partial charge in [0.05, 0.1) is 21.5 Å². The largest absolute Gasteiger partial charge is 0.478 e. The van der Waals surface area contributed by atoms with Gasteiger partial charge in [-0.3, -0.25) is 0 Å². The minimum atomic E-state index is -2.69. The molecule has 10 heteroatoms. The van der Waals surface area contributed by atoms with E-state index >= 15 is 0 Å². The van der Waals surface area contributed by atoms with Gasteiger partial charge in [0.2, 0.25) is 0 Å². The molecule has 1 fully saturated rings. The van der Waals surface area contributed by atoms with Crippen molar-refractivity contribution in [3.63, 3.8) is 0 Å². The molecule has 28 heavy (non-hydrogen) atoms. The SMILES string of the molecule is CC(C)(C)OC(=O)N=S1(=O)CCN(c2ccc(C(=O)O)c3nnccc23)CC1. The summed E-state index contributed by atoms with van der Waals surface area (Å²) >= 11 is 0. The maximum Gasteiger partial charge on any atom is 0.442 e. The number of aromatic carboxylic acids is 1. The molecule has 2 heterocycles. The molecule has 3 rings (SSSR count). The molecule has 1 aliphatic rings. The molecule has 1 saturated heterocycles. The highest BCUT2D eigenvalue weighted by molar-refractivity contribution is 7.94. The van der Waals surface area contributed by atoms with E-state index < -0.39 is 27.4 Å². The number of fused-ring (bicyclic) bond motifs is 1. The second-order valence-electron chi connectivity index (χ2n) is 7.47. The second-order valence-corrected chi connectivity index (χ2v) is 10.0. The van der Waals surface area contributed by atoms with Crippen molar-refractivity contribution in [1.82, 2.24) is 10.2 Å². The first-order chi connectivity index (χ1) is 13.1. The zero-order valence-electron chi connectivity index (χ0n) is 15.9. The standard InChI is InChI=1S/C18H22N4O5S/c1-18(2,3)27-17(25)21-28(26)10-8-22(9-11-28)14-5-4-13(16(23)24)15-12(14)6-7-19-20-15/h4-7H,8-11H2,1-3H3,(H,23,24). The average Bonchev–Trinajstić information content (AvgIpc) is 2.59. The molecule has 0 atom stereocenters. The number of ether oxygens (including phenoxy) is 1. The Morgan fingerprint density at radius 2 is 1.89 bits per heavy atom. The van der Waals surface area contributed by atoms with Crippen LogP contribution in [-0.2, 0) is 14.5 Å². The van der Waals surface area contributed by atoms with Crippen LogP contribution < -0.4 is 4.90 Å². The number of aromatic nitrogens is 2. The van der Waals surface area contributed by atoms with Crippen molar-refractivity contribution in [3.05, 3.63) is 30.0 Å². The van der Waals surface area contributed by atoms with Gasteiger partial charge in [0.25, 0.3) is 0 Å². The Balaban J connectivity index is 1.84. The van der Waals surface area contributed by atoms with Crippen LogP contribution in [0.2, 0.25) is 0 Å². The zero-order chi connectivity index (χ0) is 20.5. The maximum atomic E-state index is 12.9. The lowest BCUT2D eigenvalue weighted by Gasteiger charge is -2.31. The van der Waals surface area contributed by atoms with E-state index in [1.165, 1.54) is 12.3 Å². The fourth-order valence-electron chi connectivity index (χ4n) is 2.98. The Hall–Kier alpha value is -2.75.